The lowest BCUT2D eigenvalue weighted by molar-refractivity contribution is -0.138. The van der Waals surface area contributed by atoms with Gasteiger partial charge in [0.1, 0.15) is 0 Å². The Morgan fingerprint density at radius 2 is 1.65 bits per heavy atom. The first kappa shape index (κ1) is 11.6. The third-order valence-corrected chi connectivity index (χ3v) is 2.42. The van der Waals surface area contributed by atoms with E-state index in [1.54, 1.807) is 30.5 Å². The minimum Gasteiger partial charge on any atom is -0.261 e. The molecule has 0 aliphatic rings. The summed E-state index contributed by atoms with van der Waals surface area (Å²) in [6, 6.07) is 10.8. The zero-order valence-electron chi connectivity index (χ0n) is 8.91. The SMILES string of the molecule is FC(F)(F)c1ccccc1Cc1ccccn1. The average molecular weight is 237 g/mol. The molecule has 2 rings (SSSR count). The van der Waals surface area contributed by atoms with Crippen LogP contribution in [0, 0.1) is 0 Å². The standard InChI is InChI=1S/C13H10F3N/c14-13(15,16)12-7-2-1-5-10(12)9-11-6-3-4-8-17-11/h1-8H,9H2. The van der Waals surface area contributed by atoms with E-state index in [9.17, 15) is 13.2 Å². The summed E-state index contributed by atoms with van der Waals surface area (Å²) < 4.78 is 38.2. The van der Waals surface area contributed by atoms with Crippen molar-refractivity contribution in [2.45, 2.75) is 12.6 Å². The molecule has 1 nitrogen and oxygen atoms in total. The maximum atomic E-state index is 12.7. The predicted octanol–water partition coefficient (Wildman–Crippen LogP) is 3.69. The number of halogens is 3. The highest BCUT2D eigenvalue weighted by molar-refractivity contribution is 5.32. The summed E-state index contributed by atoms with van der Waals surface area (Å²) in [4.78, 5) is 4.03. The summed E-state index contributed by atoms with van der Waals surface area (Å²) >= 11 is 0. The van der Waals surface area contributed by atoms with E-state index >= 15 is 0 Å². The van der Waals surface area contributed by atoms with Gasteiger partial charge in [0.15, 0.2) is 0 Å². The van der Waals surface area contributed by atoms with Gasteiger partial charge in [0.2, 0.25) is 0 Å². The monoisotopic (exact) mass is 237 g/mol. The van der Waals surface area contributed by atoms with Crippen LogP contribution < -0.4 is 0 Å². The summed E-state index contributed by atoms with van der Waals surface area (Å²) in [6.45, 7) is 0. The van der Waals surface area contributed by atoms with Gasteiger partial charge in [0.05, 0.1) is 5.56 Å². The molecule has 1 aromatic heterocycles. The Hall–Kier alpha value is -1.84. The van der Waals surface area contributed by atoms with Crippen LogP contribution in [-0.2, 0) is 12.6 Å². The molecular weight excluding hydrogens is 227 g/mol. The summed E-state index contributed by atoms with van der Waals surface area (Å²) in [5, 5.41) is 0. The van der Waals surface area contributed by atoms with Gasteiger partial charge >= 0.3 is 6.18 Å². The Balaban J connectivity index is 2.34. The van der Waals surface area contributed by atoms with Gasteiger partial charge in [-0.05, 0) is 23.8 Å². The molecule has 4 heteroatoms. The smallest absolute Gasteiger partial charge is 0.261 e. The molecule has 88 valence electrons. The first-order chi connectivity index (χ1) is 8.07. The Bertz CT molecular complexity index is 492. The van der Waals surface area contributed by atoms with E-state index in [2.05, 4.69) is 4.98 Å². The van der Waals surface area contributed by atoms with Crippen LogP contribution in [0.2, 0.25) is 0 Å². The number of benzene rings is 1. The second kappa shape index (κ2) is 4.57. The van der Waals surface area contributed by atoms with Crippen LogP contribution in [0.1, 0.15) is 16.8 Å². The summed E-state index contributed by atoms with van der Waals surface area (Å²) in [7, 11) is 0. The van der Waals surface area contributed by atoms with Gasteiger partial charge in [-0.2, -0.15) is 13.2 Å². The van der Waals surface area contributed by atoms with E-state index in [-0.39, 0.29) is 12.0 Å². The Morgan fingerprint density at radius 1 is 0.941 bits per heavy atom. The van der Waals surface area contributed by atoms with Crippen molar-refractivity contribution in [1.82, 2.24) is 4.98 Å². The van der Waals surface area contributed by atoms with E-state index in [1.165, 1.54) is 12.1 Å². The molecule has 17 heavy (non-hydrogen) atoms. The number of rotatable bonds is 2. The molecule has 0 bridgehead atoms. The molecule has 0 atom stereocenters. The van der Waals surface area contributed by atoms with Crippen molar-refractivity contribution in [3.63, 3.8) is 0 Å². The van der Waals surface area contributed by atoms with Crippen LogP contribution in [0.3, 0.4) is 0 Å². The van der Waals surface area contributed by atoms with Gasteiger partial charge in [0, 0.05) is 18.3 Å². The highest BCUT2D eigenvalue weighted by Gasteiger charge is 2.32. The van der Waals surface area contributed by atoms with Gasteiger partial charge in [-0.25, -0.2) is 0 Å². The first-order valence-corrected chi connectivity index (χ1v) is 5.12. The second-order valence-corrected chi connectivity index (χ2v) is 3.65. The summed E-state index contributed by atoms with van der Waals surface area (Å²) in [5.41, 5.74) is 0.286. The zero-order valence-corrected chi connectivity index (χ0v) is 8.91. The van der Waals surface area contributed by atoms with E-state index in [4.69, 9.17) is 0 Å². The summed E-state index contributed by atoms with van der Waals surface area (Å²) in [6.07, 6.45) is -2.55. The van der Waals surface area contributed by atoms with Crippen molar-refractivity contribution in [3.8, 4) is 0 Å². The average Bonchev–Trinajstić information content (AvgIpc) is 2.30. The third-order valence-electron chi connectivity index (χ3n) is 2.42. The van der Waals surface area contributed by atoms with Crippen molar-refractivity contribution in [2.75, 3.05) is 0 Å². The predicted molar refractivity (Wildman–Crippen MR) is 58.5 cm³/mol. The zero-order chi connectivity index (χ0) is 12.3. The van der Waals surface area contributed by atoms with E-state index in [1.807, 2.05) is 0 Å². The van der Waals surface area contributed by atoms with Gasteiger partial charge in [-0.1, -0.05) is 24.3 Å². The van der Waals surface area contributed by atoms with Crippen LogP contribution in [0.15, 0.2) is 48.7 Å². The van der Waals surface area contributed by atoms with Gasteiger partial charge in [0.25, 0.3) is 0 Å². The molecular formula is C13H10F3N. The highest BCUT2D eigenvalue weighted by atomic mass is 19.4. The van der Waals surface area contributed by atoms with Gasteiger partial charge < -0.3 is 0 Å². The Kier molecular flexibility index (Phi) is 3.13. The molecule has 0 spiro atoms. The molecule has 2 aromatic rings. The van der Waals surface area contributed by atoms with Crippen LogP contribution in [0.25, 0.3) is 0 Å². The third kappa shape index (κ3) is 2.84. The number of nitrogens with zero attached hydrogens (tertiary/aromatic N) is 1. The molecule has 1 aromatic carbocycles. The Morgan fingerprint density at radius 3 is 2.29 bits per heavy atom. The van der Waals surface area contributed by atoms with E-state index in [0.29, 0.717) is 5.69 Å². The first-order valence-electron chi connectivity index (χ1n) is 5.12. The van der Waals surface area contributed by atoms with E-state index < -0.39 is 11.7 Å². The highest BCUT2D eigenvalue weighted by Crippen LogP contribution is 2.32. The maximum absolute atomic E-state index is 12.7. The summed E-state index contributed by atoms with van der Waals surface area (Å²) in [5.74, 6) is 0. The number of hydrogen-bond acceptors (Lipinski definition) is 1. The second-order valence-electron chi connectivity index (χ2n) is 3.65. The van der Waals surface area contributed by atoms with Crippen molar-refractivity contribution in [2.24, 2.45) is 0 Å². The normalized spacial score (nSPS) is 11.5. The fraction of sp³-hybridized carbons (Fsp3) is 0.154. The van der Waals surface area contributed by atoms with Crippen molar-refractivity contribution in [3.05, 3.63) is 65.5 Å². The number of pyridine rings is 1. The maximum Gasteiger partial charge on any atom is 0.416 e. The molecule has 0 saturated carbocycles. The topological polar surface area (TPSA) is 12.9 Å². The van der Waals surface area contributed by atoms with Crippen molar-refractivity contribution >= 4 is 0 Å². The minimum atomic E-state index is -4.31. The fourth-order valence-corrected chi connectivity index (χ4v) is 1.65. The lowest BCUT2D eigenvalue weighted by Crippen LogP contribution is -2.09. The number of hydrogen-bond donors (Lipinski definition) is 0. The van der Waals surface area contributed by atoms with Crippen LogP contribution >= 0.6 is 0 Å². The van der Waals surface area contributed by atoms with Crippen LogP contribution in [0.4, 0.5) is 13.2 Å². The molecule has 0 N–H and O–H groups in total. The Labute approximate surface area is 96.9 Å². The molecule has 0 aliphatic heterocycles. The van der Waals surface area contributed by atoms with Crippen molar-refractivity contribution < 1.29 is 13.2 Å². The quantitative estimate of drug-likeness (QED) is 0.776. The molecule has 0 radical (unpaired) electrons. The van der Waals surface area contributed by atoms with Crippen LogP contribution in [-0.4, -0.2) is 4.98 Å². The molecule has 0 saturated heterocycles. The minimum absolute atomic E-state index is 0.191. The molecule has 0 amide bonds. The molecule has 1 heterocycles. The number of aromatic nitrogens is 1. The number of alkyl halides is 3. The largest absolute Gasteiger partial charge is 0.416 e. The molecule has 0 fully saturated rings. The molecule has 0 aliphatic carbocycles. The lowest BCUT2D eigenvalue weighted by Gasteiger charge is -2.12. The molecule has 0 unspecified atom stereocenters. The van der Waals surface area contributed by atoms with Crippen LogP contribution in [0.5, 0.6) is 0 Å². The van der Waals surface area contributed by atoms with E-state index in [0.717, 1.165) is 6.07 Å². The lowest BCUT2D eigenvalue weighted by atomic mass is 10.0. The fourth-order valence-electron chi connectivity index (χ4n) is 1.65. The van der Waals surface area contributed by atoms with Crippen molar-refractivity contribution in [1.29, 1.82) is 0 Å². The van der Waals surface area contributed by atoms with Gasteiger partial charge in [-0.3, -0.25) is 4.98 Å². The van der Waals surface area contributed by atoms with Gasteiger partial charge in [-0.15, -0.1) is 0 Å².